The molecule has 1 fully saturated rings. The lowest BCUT2D eigenvalue weighted by atomic mass is 10.1. The highest BCUT2D eigenvalue weighted by Gasteiger charge is 2.20. The van der Waals surface area contributed by atoms with Gasteiger partial charge in [0.1, 0.15) is 6.26 Å². The summed E-state index contributed by atoms with van der Waals surface area (Å²) in [5.74, 6) is 0.838. The quantitative estimate of drug-likeness (QED) is 0.769. The molecule has 6 heteroatoms. The van der Waals surface area contributed by atoms with Crippen LogP contribution in [0.25, 0.3) is 11.6 Å². The predicted molar refractivity (Wildman–Crippen MR) is 55.1 cm³/mol. The summed E-state index contributed by atoms with van der Waals surface area (Å²) in [6, 6.07) is -0.0105. The number of rotatable bonds is 1. The van der Waals surface area contributed by atoms with Crippen molar-refractivity contribution in [1.29, 1.82) is 0 Å². The Bertz CT molecular complexity index is 345. The third-order valence-corrected chi connectivity index (χ3v) is 2.50. The zero-order valence-corrected chi connectivity index (χ0v) is 8.97. The molecule has 0 radical (unpaired) electrons. The number of fused-ring (bicyclic) bond motifs is 1. The van der Waals surface area contributed by atoms with Gasteiger partial charge in [-0.3, -0.25) is 0 Å². The minimum Gasteiger partial charge on any atom is -0.465 e. The van der Waals surface area contributed by atoms with E-state index in [1.54, 1.807) is 6.26 Å². The normalized spacial score (nSPS) is 25.3. The van der Waals surface area contributed by atoms with Crippen molar-refractivity contribution in [2.24, 2.45) is 0 Å². The van der Waals surface area contributed by atoms with Crippen LogP contribution in [0.2, 0.25) is 0 Å². The third-order valence-electron chi connectivity index (χ3n) is 2.50. The number of aromatic nitrogens is 1. The largest absolute Gasteiger partial charge is 0.465 e. The topological polar surface area (TPSA) is 84.6 Å². The molecule has 0 aromatic rings. The molecule has 0 bridgehead atoms. The molecule has 6 nitrogen and oxygen atoms in total. The van der Waals surface area contributed by atoms with Crippen molar-refractivity contribution in [3.8, 4) is 11.6 Å². The van der Waals surface area contributed by atoms with Gasteiger partial charge in [-0.25, -0.2) is 9.78 Å². The molecule has 1 saturated heterocycles. The fourth-order valence-corrected chi connectivity index (χ4v) is 1.47. The molecule has 1 amide bonds. The van der Waals surface area contributed by atoms with E-state index >= 15 is 0 Å². The van der Waals surface area contributed by atoms with Crippen molar-refractivity contribution in [2.45, 2.75) is 31.9 Å². The first-order valence-electron chi connectivity index (χ1n) is 5.22. The number of nitrogens with one attached hydrogen (secondary N) is 1. The van der Waals surface area contributed by atoms with Crippen LogP contribution < -0.4 is 5.32 Å². The first-order valence-corrected chi connectivity index (χ1v) is 5.22. The van der Waals surface area contributed by atoms with E-state index in [0.29, 0.717) is 6.61 Å². The van der Waals surface area contributed by atoms with E-state index in [9.17, 15) is 4.79 Å². The number of oxazole rings is 1. The molecule has 2 atom stereocenters. The molecule has 0 aromatic heterocycles. The Morgan fingerprint density at radius 1 is 1.62 bits per heavy atom. The van der Waals surface area contributed by atoms with E-state index in [4.69, 9.17) is 9.84 Å². The molecular weight excluding hydrogens is 212 g/mol. The monoisotopic (exact) mass is 226 g/mol. The zero-order valence-electron chi connectivity index (χ0n) is 8.97. The number of amides is 1. The van der Waals surface area contributed by atoms with Gasteiger partial charge < -0.3 is 19.6 Å². The third kappa shape index (κ3) is 2.96. The molecule has 3 rings (SSSR count). The molecule has 0 unspecified atom stereocenters. The van der Waals surface area contributed by atoms with Gasteiger partial charge in [0.15, 0.2) is 5.69 Å². The molecule has 3 heterocycles. The molecule has 0 aromatic carbocycles. The lowest BCUT2D eigenvalue weighted by molar-refractivity contribution is 0.00943. The van der Waals surface area contributed by atoms with Crippen LogP contribution in [0.4, 0.5) is 4.79 Å². The van der Waals surface area contributed by atoms with Crippen molar-refractivity contribution >= 4 is 6.09 Å². The highest BCUT2D eigenvalue weighted by molar-refractivity contribution is 5.64. The smallest absolute Gasteiger partial charge is 0.404 e. The second-order valence-electron chi connectivity index (χ2n) is 3.91. The van der Waals surface area contributed by atoms with Gasteiger partial charge in [0, 0.05) is 0 Å². The van der Waals surface area contributed by atoms with Gasteiger partial charge in [0.05, 0.1) is 18.8 Å². The number of hydrogen-bond donors (Lipinski definition) is 2. The molecule has 88 valence electrons. The number of carbonyl (C=O) groups is 1. The second kappa shape index (κ2) is 4.52. The number of hydrogen-bond acceptors (Lipinski definition) is 4. The summed E-state index contributed by atoms with van der Waals surface area (Å²) in [7, 11) is 0. The van der Waals surface area contributed by atoms with E-state index in [0.717, 1.165) is 24.4 Å². The molecule has 0 saturated carbocycles. The van der Waals surface area contributed by atoms with E-state index in [-0.39, 0.29) is 12.1 Å². The van der Waals surface area contributed by atoms with Crippen molar-refractivity contribution < 1.29 is 19.1 Å². The summed E-state index contributed by atoms with van der Waals surface area (Å²) in [4.78, 5) is 13.9. The van der Waals surface area contributed by atoms with Crippen molar-refractivity contribution in [3.05, 3.63) is 6.26 Å². The van der Waals surface area contributed by atoms with Gasteiger partial charge >= 0.3 is 6.09 Å². The number of nitrogens with zero attached hydrogens (tertiary/aromatic N) is 1. The molecular formula is C10H14N2O4. The fourth-order valence-electron chi connectivity index (χ4n) is 1.47. The van der Waals surface area contributed by atoms with Crippen molar-refractivity contribution in [2.75, 3.05) is 6.61 Å². The van der Waals surface area contributed by atoms with E-state index in [1.807, 2.05) is 6.92 Å². The van der Waals surface area contributed by atoms with Crippen molar-refractivity contribution in [1.82, 2.24) is 10.3 Å². The van der Waals surface area contributed by atoms with Crippen LogP contribution in [0.15, 0.2) is 10.7 Å². The molecule has 0 spiro atoms. The Balaban J connectivity index is 0.000000156. The van der Waals surface area contributed by atoms with Gasteiger partial charge in [-0.05, 0) is 19.8 Å². The average Bonchev–Trinajstić information content (AvgIpc) is 2.78. The van der Waals surface area contributed by atoms with Crippen LogP contribution >= 0.6 is 0 Å². The fraction of sp³-hybridized carbons (Fsp3) is 0.600. The maximum absolute atomic E-state index is 10.2. The molecule has 3 aliphatic heterocycles. The summed E-state index contributed by atoms with van der Waals surface area (Å²) >= 11 is 0. The average molecular weight is 226 g/mol. The summed E-state index contributed by atoms with van der Waals surface area (Å²) in [6.07, 6.45) is 2.77. The lowest BCUT2D eigenvalue weighted by Crippen LogP contribution is -2.41. The standard InChI is InChI=1S/C7H13NO3.C3HNO/c1-5-2-3-6(4-11-5)8-7(9)10;1-2-3(4-2)5-1/h5-6,8H,2-4H2,1H3,(H,9,10);1H/t5-,6+;/m0./s1. The highest BCUT2D eigenvalue weighted by Crippen LogP contribution is 2.29. The van der Waals surface area contributed by atoms with Crippen LogP contribution in [0.5, 0.6) is 0 Å². The Morgan fingerprint density at radius 2 is 2.38 bits per heavy atom. The Labute approximate surface area is 92.6 Å². The van der Waals surface area contributed by atoms with E-state index < -0.39 is 6.09 Å². The first-order chi connectivity index (χ1) is 7.65. The molecule has 2 N–H and O–H groups in total. The molecule has 16 heavy (non-hydrogen) atoms. The van der Waals surface area contributed by atoms with Gasteiger partial charge in [-0.15, -0.1) is 0 Å². The summed E-state index contributed by atoms with van der Waals surface area (Å²) in [6.45, 7) is 2.50. The van der Waals surface area contributed by atoms with Gasteiger partial charge in [0.25, 0.3) is 0 Å². The predicted octanol–water partition coefficient (Wildman–Crippen LogP) is 1.48. The van der Waals surface area contributed by atoms with Crippen LogP contribution in [0.1, 0.15) is 19.8 Å². The summed E-state index contributed by atoms with van der Waals surface area (Å²) in [5.41, 5.74) is 1.05. The summed E-state index contributed by atoms with van der Waals surface area (Å²) < 4.78 is 9.86. The van der Waals surface area contributed by atoms with E-state index in [2.05, 4.69) is 14.7 Å². The maximum atomic E-state index is 10.2. The molecule has 0 aliphatic carbocycles. The van der Waals surface area contributed by atoms with Crippen LogP contribution in [0, 0.1) is 0 Å². The second-order valence-corrected chi connectivity index (χ2v) is 3.91. The Morgan fingerprint density at radius 3 is 2.69 bits per heavy atom. The van der Waals surface area contributed by atoms with Gasteiger partial charge in [0.2, 0.25) is 5.89 Å². The van der Waals surface area contributed by atoms with Crippen LogP contribution in [-0.4, -0.2) is 34.9 Å². The molecule has 3 aliphatic rings. The first kappa shape index (κ1) is 10.9. The van der Waals surface area contributed by atoms with E-state index in [1.165, 1.54) is 0 Å². The zero-order chi connectivity index (χ0) is 11.5. The maximum Gasteiger partial charge on any atom is 0.404 e. The SMILES string of the molecule is C[C@H]1CC[C@@H](NC(=O)O)CO1.c1oc2nc1-2. The van der Waals surface area contributed by atoms with Crippen LogP contribution in [-0.2, 0) is 4.74 Å². The van der Waals surface area contributed by atoms with Gasteiger partial charge in [-0.1, -0.05) is 0 Å². The lowest BCUT2D eigenvalue weighted by Gasteiger charge is -2.26. The highest BCUT2D eigenvalue weighted by atomic mass is 16.5. The Hall–Kier alpha value is -1.56. The minimum absolute atomic E-state index is 0.0105. The number of carboxylic acid groups (broad SMARTS) is 1. The van der Waals surface area contributed by atoms with Crippen LogP contribution in [0.3, 0.4) is 0 Å². The summed E-state index contributed by atoms with van der Waals surface area (Å²) in [5, 5.41) is 10.8. The van der Waals surface area contributed by atoms with Crippen molar-refractivity contribution in [3.63, 3.8) is 0 Å². The minimum atomic E-state index is -0.965. The Kier molecular flexibility index (Phi) is 3.09. The number of ether oxygens (including phenoxy) is 1. The van der Waals surface area contributed by atoms with Gasteiger partial charge in [-0.2, -0.15) is 0 Å².